The maximum Gasteiger partial charge on any atom is 0.111 e. The van der Waals surface area contributed by atoms with E-state index in [0.717, 1.165) is 24.3 Å². The zero-order valence-corrected chi connectivity index (χ0v) is 13.6. The van der Waals surface area contributed by atoms with Gasteiger partial charge in [-0.05, 0) is 57.5 Å². The van der Waals surface area contributed by atoms with Crippen LogP contribution in [0.2, 0.25) is 0 Å². The van der Waals surface area contributed by atoms with Gasteiger partial charge in [-0.3, -0.25) is 0 Å². The van der Waals surface area contributed by atoms with Gasteiger partial charge in [0.15, 0.2) is 0 Å². The van der Waals surface area contributed by atoms with E-state index < -0.39 is 0 Å². The SMILES string of the molecule is Cc1cccc2c1nc(CCCl)n2CCCN1CCCC1. The van der Waals surface area contributed by atoms with E-state index in [2.05, 4.69) is 34.6 Å². The van der Waals surface area contributed by atoms with Crippen LogP contribution >= 0.6 is 11.6 Å². The van der Waals surface area contributed by atoms with Crippen molar-refractivity contribution in [2.24, 2.45) is 0 Å². The number of fused-ring (bicyclic) bond motifs is 1. The summed E-state index contributed by atoms with van der Waals surface area (Å²) < 4.78 is 2.38. The number of alkyl halides is 1. The summed E-state index contributed by atoms with van der Waals surface area (Å²) in [6, 6.07) is 6.44. The molecule has 3 rings (SSSR count). The Kier molecular flexibility index (Phi) is 4.81. The van der Waals surface area contributed by atoms with E-state index in [4.69, 9.17) is 16.6 Å². The van der Waals surface area contributed by atoms with Crippen LogP contribution in [0.3, 0.4) is 0 Å². The maximum atomic E-state index is 5.95. The number of likely N-dealkylation sites (tertiary alicyclic amines) is 1. The fourth-order valence-electron chi connectivity index (χ4n) is 3.32. The summed E-state index contributed by atoms with van der Waals surface area (Å²) in [5.74, 6) is 1.77. The second kappa shape index (κ2) is 6.80. The number of aryl methyl sites for hydroxylation is 3. The molecule has 0 N–H and O–H groups in total. The van der Waals surface area contributed by atoms with Gasteiger partial charge in [0.2, 0.25) is 0 Å². The van der Waals surface area contributed by atoms with Gasteiger partial charge in [0.1, 0.15) is 5.82 Å². The molecule has 4 heteroatoms. The summed E-state index contributed by atoms with van der Waals surface area (Å²) >= 11 is 5.95. The Hall–Kier alpha value is -1.06. The lowest BCUT2D eigenvalue weighted by molar-refractivity contribution is 0.325. The third-order valence-corrected chi connectivity index (χ3v) is 4.62. The largest absolute Gasteiger partial charge is 0.328 e. The van der Waals surface area contributed by atoms with Crippen LogP contribution in [0.25, 0.3) is 11.0 Å². The average Bonchev–Trinajstić information content (AvgIpc) is 3.09. The van der Waals surface area contributed by atoms with Crippen LogP contribution in [0.4, 0.5) is 0 Å². The van der Waals surface area contributed by atoms with E-state index in [1.165, 1.54) is 50.0 Å². The summed E-state index contributed by atoms with van der Waals surface area (Å²) in [4.78, 5) is 7.39. The molecule has 0 bridgehead atoms. The second-order valence-electron chi connectivity index (χ2n) is 5.96. The lowest BCUT2D eigenvalue weighted by atomic mass is 10.2. The first-order valence-corrected chi connectivity index (χ1v) is 8.56. The van der Waals surface area contributed by atoms with Gasteiger partial charge in [-0.1, -0.05) is 12.1 Å². The molecule has 0 spiro atoms. The normalized spacial score (nSPS) is 16.1. The van der Waals surface area contributed by atoms with E-state index in [9.17, 15) is 0 Å². The molecule has 1 aromatic heterocycles. The lowest BCUT2D eigenvalue weighted by Crippen LogP contribution is -2.21. The highest BCUT2D eigenvalue weighted by atomic mass is 35.5. The highest BCUT2D eigenvalue weighted by Gasteiger charge is 2.14. The first kappa shape index (κ1) is 14.9. The van der Waals surface area contributed by atoms with Crippen LogP contribution in [-0.2, 0) is 13.0 Å². The summed E-state index contributed by atoms with van der Waals surface area (Å²) in [5, 5.41) is 0. The lowest BCUT2D eigenvalue weighted by Gasteiger charge is -2.15. The van der Waals surface area contributed by atoms with Gasteiger partial charge in [0.05, 0.1) is 11.0 Å². The van der Waals surface area contributed by atoms with E-state index in [0.29, 0.717) is 5.88 Å². The van der Waals surface area contributed by atoms with Crippen molar-refractivity contribution in [1.29, 1.82) is 0 Å². The molecule has 0 atom stereocenters. The van der Waals surface area contributed by atoms with Crippen LogP contribution in [0.15, 0.2) is 18.2 Å². The van der Waals surface area contributed by atoms with Crippen LogP contribution in [0.5, 0.6) is 0 Å². The Morgan fingerprint density at radius 2 is 2.00 bits per heavy atom. The van der Waals surface area contributed by atoms with Gasteiger partial charge in [-0.15, -0.1) is 11.6 Å². The Bertz CT molecular complexity index is 599. The van der Waals surface area contributed by atoms with Crippen molar-refractivity contribution in [2.75, 3.05) is 25.5 Å². The van der Waals surface area contributed by atoms with Crippen molar-refractivity contribution in [2.45, 2.75) is 39.2 Å². The average molecular weight is 306 g/mol. The van der Waals surface area contributed by atoms with Gasteiger partial charge in [-0.2, -0.15) is 0 Å². The third kappa shape index (κ3) is 3.24. The molecule has 114 valence electrons. The first-order chi connectivity index (χ1) is 10.3. The fraction of sp³-hybridized carbons (Fsp3) is 0.588. The fourth-order valence-corrected chi connectivity index (χ4v) is 3.49. The molecule has 0 unspecified atom stereocenters. The Morgan fingerprint density at radius 1 is 1.19 bits per heavy atom. The van der Waals surface area contributed by atoms with E-state index in [-0.39, 0.29) is 0 Å². The molecule has 0 saturated carbocycles. The molecule has 1 aliphatic heterocycles. The molecule has 2 heterocycles. The first-order valence-electron chi connectivity index (χ1n) is 8.02. The zero-order chi connectivity index (χ0) is 14.7. The van der Waals surface area contributed by atoms with Gasteiger partial charge < -0.3 is 9.47 Å². The van der Waals surface area contributed by atoms with Crippen LogP contribution in [-0.4, -0.2) is 40.0 Å². The van der Waals surface area contributed by atoms with Crippen molar-refractivity contribution < 1.29 is 0 Å². The molecule has 0 radical (unpaired) electrons. The predicted octanol–water partition coefficient (Wildman–Crippen LogP) is 3.61. The molecule has 3 nitrogen and oxygen atoms in total. The maximum absolute atomic E-state index is 5.95. The number of hydrogen-bond donors (Lipinski definition) is 0. The molecule has 0 amide bonds. The number of benzene rings is 1. The monoisotopic (exact) mass is 305 g/mol. The molecule has 1 saturated heterocycles. The molecular formula is C17H24ClN3. The highest BCUT2D eigenvalue weighted by molar-refractivity contribution is 6.17. The topological polar surface area (TPSA) is 21.1 Å². The van der Waals surface area contributed by atoms with Crippen molar-refractivity contribution >= 4 is 22.6 Å². The Morgan fingerprint density at radius 3 is 2.76 bits per heavy atom. The Balaban J connectivity index is 1.78. The molecule has 1 fully saturated rings. The standard InChI is InChI=1S/C17H24ClN3/c1-14-6-4-7-15-17(14)19-16(8-9-18)21(15)13-5-12-20-10-2-3-11-20/h4,6-7H,2-3,5,8-13H2,1H3. The van der Waals surface area contributed by atoms with Gasteiger partial charge in [0.25, 0.3) is 0 Å². The van der Waals surface area contributed by atoms with E-state index in [1.54, 1.807) is 0 Å². The minimum atomic E-state index is 0.633. The highest BCUT2D eigenvalue weighted by Crippen LogP contribution is 2.21. The quantitative estimate of drug-likeness (QED) is 0.760. The van der Waals surface area contributed by atoms with E-state index >= 15 is 0 Å². The van der Waals surface area contributed by atoms with Crippen molar-refractivity contribution in [1.82, 2.24) is 14.5 Å². The van der Waals surface area contributed by atoms with Crippen molar-refractivity contribution in [3.05, 3.63) is 29.6 Å². The van der Waals surface area contributed by atoms with Crippen LogP contribution < -0.4 is 0 Å². The van der Waals surface area contributed by atoms with Gasteiger partial charge >= 0.3 is 0 Å². The number of imidazole rings is 1. The van der Waals surface area contributed by atoms with Crippen molar-refractivity contribution in [3.8, 4) is 0 Å². The molecule has 2 aromatic rings. The molecule has 1 aromatic carbocycles. The van der Waals surface area contributed by atoms with Crippen LogP contribution in [0, 0.1) is 6.92 Å². The summed E-state index contributed by atoms with van der Waals surface area (Å²) in [6.45, 7) is 6.93. The molecule has 0 aliphatic carbocycles. The van der Waals surface area contributed by atoms with Crippen molar-refractivity contribution in [3.63, 3.8) is 0 Å². The summed E-state index contributed by atoms with van der Waals surface area (Å²) in [6.07, 6.45) is 4.77. The third-order valence-electron chi connectivity index (χ3n) is 4.43. The molecule has 21 heavy (non-hydrogen) atoms. The zero-order valence-electron chi connectivity index (χ0n) is 12.8. The summed E-state index contributed by atoms with van der Waals surface area (Å²) in [7, 11) is 0. The van der Waals surface area contributed by atoms with Gasteiger partial charge in [0, 0.05) is 18.8 Å². The smallest absolute Gasteiger partial charge is 0.111 e. The number of aromatic nitrogens is 2. The number of para-hydroxylation sites is 1. The van der Waals surface area contributed by atoms with Crippen LogP contribution in [0.1, 0.15) is 30.7 Å². The number of nitrogens with zero attached hydrogens (tertiary/aromatic N) is 3. The number of hydrogen-bond acceptors (Lipinski definition) is 2. The minimum Gasteiger partial charge on any atom is -0.328 e. The number of halogens is 1. The van der Waals surface area contributed by atoms with E-state index in [1.807, 2.05) is 0 Å². The minimum absolute atomic E-state index is 0.633. The Labute approximate surface area is 131 Å². The number of rotatable bonds is 6. The molecule has 1 aliphatic rings. The summed E-state index contributed by atoms with van der Waals surface area (Å²) in [5.41, 5.74) is 3.65. The second-order valence-corrected chi connectivity index (χ2v) is 6.34. The molecular weight excluding hydrogens is 282 g/mol. The van der Waals surface area contributed by atoms with Gasteiger partial charge in [-0.25, -0.2) is 4.98 Å². The predicted molar refractivity (Wildman–Crippen MR) is 89.2 cm³/mol.